The predicted octanol–water partition coefficient (Wildman–Crippen LogP) is 3.99. The number of halogens is 3. The monoisotopic (exact) mass is 366 g/mol. The average molecular weight is 366 g/mol. The molecule has 0 saturated carbocycles. The zero-order valence-corrected chi connectivity index (χ0v) is 13.9. The van der Waals surface area contributed by atoms with E-state index in [1.54, 1.807) is 25.1 Å². The predicted molar refractivity (Wildman–Crippen MR) is 87.8 cm³/mol. The second kappa shape index (κ2) is 7.15. The Hall–Kier alpha value is -2.90. The van der Waals surface area contributed by atoms with Crippen LogP contribution in [0.2, 0.25) is 0 Å². The molecule has 3 rings (SSSR count). The first kappa shape index (κ1) is 17.9. The van der Waals surface area contributed by atoms with Crippen LogP contribution in [-0.2, 0) is 12.7 Å². The Labute approximate surface area is 148 Å². The number of hydrogen-bond acceptors (Lipinski definition) is 3. The summed E-state index contributed by atoms with van der Waals surface area (Å²) in [6, 6.07) is 9.14. The van der Waals surface area contributed by atoms with E-state index < -0.39 is 23.8 Å². The second-order valence-corrected chi connectivity index (χ2v) is 5.86. The van der Waals surface area contributed by atoms with Crippen molar-refractivity contribution >= 4 is 6.03 Å². The van der Waals surface area contributed by atoms with Gasteiger partial charge in [-0.1, -0.05) is 18.2 Å². The smallest absolute Gasteiger partial charge is 0.416 e. The first-order valence-corrected chi connectivity index (χ1v) is 7.93. The summed E-state index contributed by atoms with van der Waals surface area (Å²) in [5.41, 5.74) is 0.443. The van der Waals surface area contributed by atoms with Crippen LogP contribution in [0.1, 0.15) is 29.7 Å². The van der Waals surface area contributed by atoms with Crippen LogP contribution in [0.3, 0.4) is 0 Å². The molecule has 0 spiro atoms. The number of hydrogen-bond donors (Lipinski definition) is 2. The molecule has 138 valence electrons. The highest BCUT2D eigenvalue weighted by atomic mass is 19.4. The third kappa shape index (κ3) is 4.19. The lowest BCUT2D eigenvalue weighted by Gasteiger charge is -2.17. The fourth-order valence-corrected chi connectivity index (χ4v) is 2.55. The van der Waals surface area contributed by atoms with Crippen LogP contribution in [-0.4, -0.2) is 12.8 Å². The number of rotatable bonds is 4. The van der Waals surface area contributed by atoms with E-state index in [0.29, 0.717) is 17.1 Å². The van der Waals surface area contributed by atoms with E-state index in [1.807, 2.05) is 0 Å². The topological polar surface area (TPSA) is 59.6 Å². The molecule has 2 aromatic rings. The van der Waals surface area contributed by atoms with E-state index in [1.165, 1.54) is 12.1 Å². The normalized spacial score (nSPS) is 14.0. The fourth-order valence-electron chi connectivity index (χ4n) is 2.55. The lowest BCUT2D eigenvalue weighted by molar-refractivity contribution is -0.137. The van der Waals surface area contributed by atoms with Crippen LogP contribution in [0, 0.1) is 0 Å². The van der Waals surface area contributed by atoms with E-state index in [-0.39, 0.29) is 13.3 Å². The van der Waals surface area contributed by atoms with Gasteiger partial charge in [0.25, 0.3) is 0 Å². The number of amides is 2. The highest BCUT2D eigenvalue weighted by Crippen LogP contribution is 2.32. The Balaban J connectivity index is 1.56. The number of nitrogens with one attached hydrogen (secondary N) is 2. The lowest BCUT2D eigenvalue weighted by atomic mass is 10.1. The summed E-state index contributed by atoms with van der Waals surface area (Å²) in [5.74, 6) is 1.26. The molecule has 1 atom stereocenters. The van der Waals surface area contributed by atoms with Gasteiger partial charge in [-0.25, -0.2) is 4.79 Å². The number of carbonyl (C=O) groups excluding carboxylic acids is 1. The lowest BCUT2D eigenvalue weighted by Crippen LogP contribution is -2.36. The van der Waals surface area contributed by atoms with Crippen molar-refractivity contribution in [3.63, 3.8) is 0 Å². The molecule has 8 heteroatoms. The molecule has 0 aliphatic carbocycles. The van der Waals surface area contributed by atoms with Crippen molar-refractivity contribution in [1.82, 2.24) is 10.6 Å². The van der Waals surface area contributed by atoms with Crippen molar-refractivity contribution in [2.45, 2.75) is 25.7 Å². The Morgan fingerprint density at radius 3 is 2.69 bits per heavy atom. The van der Waals surface area contributed by atoms with Gasteiger partial charge in [-0.3, -0.25) is 0 Å². The quantitative estimate of drug-likeness (QED) is 0.860. The molecule has 5 nitrogen and oxygen atoms in total. The van der Waals surface area contributed by atoms with E-state index >= 15 is 0 Å². The van der Waals surface area contributed by atoms with Crippen molar-refractivity contribution in [3.05, 3.63) is 59.2 Å². The van der Waals surface area contributed by atoms with Crippen molar-refractivity contribution < 1.29 is 27.4 Å². The first-order chi connectivity index (χ1) is 12.3. The van der Waals surface area contributed by atoms with Gasteiger partial charge in [0, 0.05) is 6.54 Å². The van der Waals surface area contributed by atoms with Crippen LogP contribution in [0.4, 0.5) is 18.0 Å². The molecule has 0 fully saturated rings. The van der Waals surface area contributed by atoms with E-state index in [9.17, 15) is 18.0 Å². The maximum atomic E-state index is 12.8. The number of ether oxygens (including phenoxy) is 2. The molecule has 1 unspecified atom stereocenters. The van der Waals surface area contributed by atoms with Crippen molar-refractivity contribution in [2.75, 3.05) is 6.79 Å². The second-order valence-electron chi connectivity index (χ2n) is 5.86. The zero-order valence-electron chi connectivity index (χ0n) is 13.9. The first-order valence-electron chi connectivity index (χ1n) is 7.93. The van der Waals surface area contributed by atoms with Crippen molar-refractivity contribution in [2.24, 2.45) is 0 Å². The number of carbonyl (C=O) groups is 1. The summed E-state index contributed by atoms with van der Waals surface area (Å²) in [7, 11) is 0. The molecule has 0 aromatic heterocycles. The molecule has 0 radical (unpaired) electrons. The largest absolute Gasteiger partial charge is 0.454 e. The maximum Gasteiger partial charge on any atom is 0.416 e. The zero-order chi connectivity index (χ0) is 18.7. The van der Waals surface area contributed by atoms with E-state index in [4.69, 9.17) is 9.47 Å². The minimum Gasteiger partial charge on any atom is -0.454 e. The minimum absolute atomic E-state index is 0.168. The van der Waals surface area contributed by atoms with Crippen LogP contribution in [0.25, 0.3) is 0 Å². The van der Waals surface area contributed by atoms with Gasteiger partial charge < -0.3 is 20.1 Å². The number of urea groups is 1. The molecule has 2 amide bonds. The highest BCUT2D eigenvalue weighted by molar-refractivity contribution is 5.74. The van der Waals surface area contributed by atoms with Gasteiger partial charge in [0.1, 0.15) is 0 Å². The van der Waals surface area contributed by atoms with E-state index in [2.05, 4.69) is 10.6 Å². The third-order valence-corrected chi connectivity index (χ3v) is 3.95. The molecule has 1 aliphatic rings. The average Bonchev–Trinajstić information content (AvgIpc) is 3.07. The Morgan fingerprint density at radius 2 is 1.92 bits per heavy atom. The van der Waals surface area contributed by atoms with Gasteiger partial charge >= 0.3 is 12.2 Å². The maximum absolute atomic E-state index is 12.8. The van der Waals surface area contributed by atoms with Gasteiger partial charge in [-0.05, 0) is 42.3 Å². The standard InChI is InChI=1S/C18H17F3N2O3/c1-11(13-3-2-4-14(8-13)18(19,20)21)23-17(24)22-9-12-5-6-15-16(7-12)26-10-25-15/h2-8,11H,9-10H2,1H3,(H2,22,23,24). The number of fused-ring (bicyclic) bond motifs is 1. The van der Waals surface area contributed by atoms with Gasteiger partial charge in [-0.15, -0.1) is 0 Å². The van der Waals surface area contributed by atoms with Gasteiger partial charge in [0.05, 0.1) is 11.6 Å². The SMILES string of the molecule is CC(NC(=O)NCc1ccc2c(c1)OCO2)c1cccc(C(F)(F)F)c1. The molecular weight excluding hydrogens is 349 g/mol. The van der Waals surface area contributed by atoms with Crippen molar-refractivity contribution in [3.8, 4) is 11.5 Å². The van der Waals surface area contributed by atoms with Crippen LogP contribution >= 0.6 is 0 Å². The molecule has 0 saturated heterocycles. The third-order valence-electron chi connectivity index (χ3n) is 3.95. The van der Waals surface area contributed by atoms with Gasteiger partial charge in [0.2, 0.25) is 6.79 Å². The highest BCUT2D eigenvalue weighted by Gasteiger charge is 2.30. The Morgan fingerprint density at radius 1 is 1.15 bits per heavy atom. The molecule has 26 heavy (non-hydrogen) atoms. The fraction of sp³-hybridized carbons (Fsp3) is 0.278. The molecule has 2 N–H and O–H groups in total. The van der Waals surface area contributed by atoms with Crippen molar-refractivity contribution in [1.29, 1.82) is 0 Å². The summed E-state index contributed by atoms with van der Waals surface area (Å²) in [4.78, 5) is 12.0. The number of alkyl halides is 3. The number of benzene rings is 2. The van der Waals surface area contributed by atoms with Gasteiger partial charge in [-0.2, -0.15) is 13.2 Å². The molecule has 2 aromatic carbocycles. The summed E-state index contributed by atoms with van der Waals surface area (Å²) in [6.45, 7) is 2.04. The summed E-state index contributed by atoms with van der Waals surface area (Å²) in [5, 5.41) is 5.29. The van der Waals surface area contributed by atoms with Crippen LogP contribution in [0.5, 0.6) is 11.5 Å². The molecular formula is C18H17F3N2O3. The summed E-state index contributed by atoms with van der Waals surface area (Å²) < 4.78 is 48.8. The van der Waals surface area contributed by atoms with Crippen LogP contribution in [0.15, 0.2) is 42.5 Å². The van der Waals surface area contributed by atoms with Gasteiger partial charge in [0.15, 0.2) is 11.5 Å². The molecule has 1 heterocycles. The van der Waals surface area contributed by atoms with E-state index in [0.717, 1.165) is 17.7 Å². The summed E-state index contributed by atoms with van der Waals surface area (Å²) in [6.07, 6.45) is -4.42. The van der Waals surface area contributed by atoms with Crippen LogP contribution < -0.4 is 20.1 Å². The summed E-state index contributed by atoms with van der Waals surface area (Å²) >= 11 is 0. The molecule has 1 aliphatic heterocycles. The Kier molecular flexibility index (Phi) is 4.92. The molecule has 0 bridgehead atoms. The Bertz CT molecular complexity index is 809. The minimum atomic E-state index is -4.42.